The molecular weight excluding hydrogens is 403 g/mol. The van der Waals surface area contributed by atoms with Crippen molar-refractivity contribution >= 4 is 15.7 Å². The number of halogens is 1. The first-order valence-corrected chi connectivity index (χ1v) is 11.3. The third kappa shape index (κ3) is 3.36. The summed E-state index contributed by atoms with van der Waals surface area (Å²) in [5, 5.41) is 3.05. The van der Waals surface area contributed by atoms with Crippen molar-refractivity contribution in [3.63, 3.8) is 0 Å². The van der Waals surface area contributed by atoms with Crippen molar-refractivity contribution in [2.45, 2.75) is 35.4 Å². The third-order valence-corrected chi connectivity index (χ3v) is 8.36. The number of benzene rings is 2. The number of hydrogen-bond acceptors (Lipinski definition) is 6. The number of anilines is 1. The maximum atomic E-state index is 14.9. The number of nitrogens with zero attached hydrogens (tertiary/aromatic N) is 2. The molecular formula is C22H23FN4O2S. The summed E-state index contributed by atoms with van der Waals surface area (Å²) in [7, 11) is -1.99. The van der Waals surface area contributed by atoms with E-state index < -0.39 is 20.5 Å². The minimum atomic E-state index is -3.68. The highest BCUT2D eigenvalue weighted by Gasteiger charge is 2.46. The van der Waals surface area contributed by atoms with E-state index in [1.54, 1.807) is 43.4 Å². The molecule has 1 fully saturated rings. The van der Waals surface area contributed by atoms with Crippen LogP contribution >= 0.6 is 0 Å². The first kappa shape index (κ1) is 20.4. The highest BCUT2D eigenvalue weighted by molar-refractivity contribution is 7.93. The Hall–Kier alpha value is -2.84. The number of aromatic nitrogens is 2. The Morgan fingerprint density at radius 3 is 2.40 bits per heavy atom. The summed E-state index contributed by atoms with van der Waals surface area (Å²) in [6.45, 7) is 0. The lowest BCUT2D eigenvalue weighted by atomic mass is 10.0. The summed E-state index contributed by atoms with van der Waals surface area (Å²) in [6, 6.07) is 11.4. The largest absolute Gasteiger partial charge is 0.382 e. The Morgan fingerprint density at radius 1 is 1.03 bits per heavy atom. The van der Waals surface area contributed by atoms with Crippen LogP contribution in [0.3, 0.4) is 0 Å². The second-order valence-corrected chi connectivity index (χ2v) is 9.70. The van der Waals surface area contributed by atoms with Gasteiger partial charge in [0.1, 0.15) is 16.5 Å². The van der Waals surface area contributed by atoms with E-state index in [0.29, 0.717) is 29.7 Å². The fourth-order valence-corrected chi connectivity index (χ4v) is 6.37. The molecule has 0 aliphatic heterocycles. The molecule has 156 valence electrons. The zero-order valence-electron chi connectivity index (χ0n) is 16.6. The first-order chi connectivity index (χ1) is 14.4. The lowest BCUT2D eigenvalue weighted by Crippen LogP contribution is -2.47. The molecule has 1 heterocycles. The fourth-order valence-electron chi connectivity index (χ4n) is 4.12. The van der Waals surface area contributed by atoms with Crippen LogP contribution in [-0.4, -0.2) is 30.3 Å². The van der Waals surface area contributed by atoms with Gasteiger partial charge in [0.15, 0.2) is 9.84 Å². The minimum absolute atomic E-state index is 0.209. The number of rotatable bonds is 5. The smallest absolute Gasteiger partial charge is 0.197 e. The van der Waals surface area contributed by atoms with Crippen molar-refractivity contribution < 1.29 is 12.8 Å². The molecule has 0 saturated heterocycles. The number of nitrogens with one attached hydrogen (secondary N) is 1. The molecule has 0 bridgehead atoms. The Bertz CT molecular complexity index is 1170. The Labute approximate surface area is 175 Å². The number of hydrogen-bond donors (Lipinski definition) is 2. The van der Waals surface area contributed by atoms with Gasteiger partial charge < -0.3 is 11.1 Å². The van der Waals surface area contributed by atoms with Gasteiger partial charge in [-0.2, -0.15) is 0 Å². The van der Waals surface area contributed by atoms with Crippen LogP contribution in [0.4, 0.5) is 10.2 Å². The van der Waals surface area contributed by atoms with E-state index in [-0.39, 0.29) is 16.3 Å². The van der Waals surface area contributed by atoms with Crippen LogP contribution in [0.2, 0.25) is 0 Å². The van der Waals surface area contributed by atoms with Gasteiger partial charge in [-0.3, -0.25) is 4.98 Å². The maximum Gasteiger partial charge on any atom is 0.197 e. The van der Waals surface area contributed by atoms with Crippen molar-refractivity contribution in [2.75, 3.05) is 12.8 Å². The van der Waals surface area contributed by atoms with Crippen molar-refractivity contribution in [1.29, 1.82) is 0 Å². The summed E-state index contributed by atoms with van der Waals surface area (Å²) in [4.78, 5) is 7.28. The third-order valence-electron chi connectivity index (χ3n) is 5.79. The molecule has 2 aromatic carbocycles. The lowest BCUT2D eigenvalue weighted by molar-refractivity contribution is 0.463. The molecule has 0 atom stereocenters. The maximum absolute atomic E-state index is 14.9. The topological polar surface area (TPSA) is 98.0 Å². The van der Waals surface area contributed by atoms with Crippen LogP contribution in [0.25, 0.3) is 22.4 Å². The summed E-state index contributed by atoms with van der Waals surface area (Å²) in [5.41, 5.74) is 7.14. The van der Waals surface area contributed by atoms with E-state index in [1.807, 2.05) is 0 Å². The van der Waals surface area contributed by atoms with E-state index in [9.17, 15) is 12.8 Å². The number of nitrogen functional groups attached to an aromatic ring is 1. The molecule has 1 saturated carbocycles. The lowest BCUT2D eigenvalue weighted by Gasteiger charge is -2.29. The summed E-state index contributed by atoms with van der Waals surface area (Å²) in [6.07, 6.45) is 5.60. The molecule has 30 heavy (non-hydrogen) atoms. The van der Waals surface area contributed by atoms with Gasteiger partial charge in [-0.1, -0.05) is 37.1 Å². The van der Waals surface area contributed by atoms with Crippen molar-refractivity contribution in [1.82, 2.24) is 15.3 Å². The van der Waals surface area contributed by atoms with Crippen LogP contribution in [0, 0.1) is 5.82 Å². The number of nitrogens with two attached hydrogens (primary N) is 1. The standard InChI is InChI=1S/C22H23FN4O2S/c1-25-22(10-4-5-11-22)30(28,29)20-7-3-2-6-16(20)15-8-9-17(18(23)12-15)19-13-27-21(24)14-26-19/h2-3,6-9,12-14,25H,4-5,10-11H2,1H3,(H2,24,27). The normalized spacial score (nSPS) is 15.9. The molecule has 3 aromatic rings. The predicted molar refractivity (Wildman–Crippen MR) is 115 cm³/mol. The fraction of sp³-hybridized carbons (Fsp3) is 0.273. The van der Waals surface area contributed by atoms with Crippen molar-refractivity contribution in [3.8, 4) is 22.4 Å². The van der Waals surface area contributed by atoms with Crippen LogP contribution < -0.4 is 11.1 Å². The molecule has 4 rings (SSSR count). The van der Waals surface area contributed by atoms with Crippen molar-refractivity contribution in [3.05, 3.63) is 60.7 Å². The van der Waals surface area contributed by atoms with Crippen LogP contribution in [0.15, 0.2) is 59.8 Å². The Morgan fingerprint density at radius 2 is 1.77 bits per heavy atom. The van der Waals surface area contributed by atoms with Gasteiger partial charge in [-0.25, -0.2) is 17.8 Å². The molecule has 1 aliphatic carbocycles. The molecule has 3 N–H and O–H groups in total. The molecule has 1 aliphatic rings. The average molecular weight is 427 g/mol. The van der Waals surface area contributed by atoms with Gasteiger partial charge >= 0.3 is 0 Å². The molecule has 1 aromatic heterocycles. The molecule has 0 spiro atoms. The second kappa shape index (κ2) is 7.77. The minimum Gasteiger partial charge on any atom is -0.382 e. The predicted octanol–water partition coefficient (Wildman–Crippen LogP) is 3.80. The van der Waals surface area contributed by atoms with Crippen LogP contribution in [-0.2, 0) is 9.84 Å². The first-order valence-electron chi connectivity index (χ1n) is 9.78. The number of sulfone groups is 1. The highest BCUT2D eigenvalue weighted by atomic mass is 32.2. The quantitative estimate of drug-likeness (QED) is 0.644. The summed E-state index contributed by atoms with van der Waals surface area (Å²) < 4.78 is 42.1. The van der Waals surface area contributed by atoms with E-state index in [2.05, 4.69) is 15.3 Å². The summed E-state index contributed by atoms with van der Waals surface area (Å²) in [5.74, 6) is -0.261. The average Bonchev–Trinajstić information content (AvgIpc) is 3.26. The van der Waals surface area contributed by atoms with Crippen LogP contribution in [0.5, 0.6) is 0 Å². The molecule has 0 unspecified atom stereocenters. The van der Waals surface area contributed by atoms with Gasteiger partial charge in [0.2, 0.25) is 0 Å². The van der Waals surface area contributed by atoms with Gasteiger partial charge in [0.05, 0.1) is 23.0 Å². The highest BCUT2D eigenvalue weighted by Crippen LogP contribution is 2.41. The molecule has 8 heteroatoms. The Balaban J connectivity index is 1.80. The SMILES string of the molecule is CNC1(S(=O)(=O)c2ccccc2-c2ccc(-c3cnc(N)cn3)c(F)c2)CCCC1. The van der Waals surface area contributed by atoms with Gasteiger partial charge in [-0.15, -0.1) is 0 Å². The second-order valence-electron chi connectivity index (χ2n) is 7.47. The van der Waals surface area contributed by atoms with E-state index in [1.165, 1.54) is 18.5 Å². The summed E-state index contributed by atoms with van der Waals surface area (Å²) >= 11 is 0. The van der Waals surface area contributed by atoms with Crippen LogP contribution in [0.1, 0.15) is 25.7 Å². The van der Waals surface area contributed by atoms with E-state index in [0.717, 1.165) is 12.8 Å². The zero-order valence-corrected chi connectivity index (χ0v) is 17.4. The molecule has 0 amide bonds. The molecule has 6 nitrogen and oxygen atoms in total. The van der Waals surface area contributed by atoms with Gasteiger partial charge in [0.25, 0.3) is 0 Å². The zero-order chi connectivity index (χ0) is 21.4. The monoisotopic (exact) mass is 426 g/mol. The van der Waals surface area contributed by atoms with Crippen molar-refractivity contribution in [2.24, 2.45) is 0 Å². The van der Waals surface area contributed by atoms with E-state index in [4.69, 9.17) is 5.73 Å². The molecule has 0 radical (unpaired) electrons. The Kier molecular flexibility index (Phi) is 5.29. The van der Waals surface area contributed by atoms with Gasteiger partial charge in [-0.05, 0) is 43.7 Å². The van der Waals surface area contributed by atoms with E-state index >= 15 is 0 Å². The van der Waals surface area contributed by atoms with Gasteiger partial charge in [0, 0.05) is 11.1 Å².